The summed E-state index contributed by atoms with van der Waals surface area (Å²) in [6.07, 6.45) is 3.71. The van der Waals surface area contributed by atoms with Gasteiger partial charge in [0.1, 0.15) is 18.0 Å². The van der Waals surface area contributed by atoms with Crippen LogP contribution in [0.4, 0.5) is 11.6 Å². The fourth-order valence-corrected chi connectivity index (χ4v) is 3.48. The van der Waals surface area contributed by atoms with Crippen LogP contribution in [0.1, 0.15) is 30.7 Å². The van der Waals surface area contributed by atoms with E-state index in [-0.39, 0.29) is 18.7 Å². The molecule has 0 spiro atoms. The predicted octanol–water partition coefficient (Wildman–Crippen LogP) is 2.67. The van der Waals surface area contributed by atoms with Crippen LogP contribution < -0.4 is 10.2 Å². The van der Waals surface area contributed by atoms with Crippen molar-refractivity contribution in [2.24, 2.45) is 0 Å². The van der Waals surface area contributed by atoms with E-state index >= 15 is 0 Å². The van der Waals surface area contributed by atoms with E-state index in [9.17, 15) is 5.11 Å². The Morgan fingerprint density at radius 2 is 2.43 bits per heavy atom. The number of nitrogens with zero attached hydrogens (tertiary/aromatic N) is 3. The first-order valence-corrected chi connectivity index (χ1v) is 8.15. The van der Waals surface area contributed by atoms with E-state index in [0.717, 1.165) is 31.0 Å². The SMILES string of the molecule is C[C@@H](Nc1cc(N2CCC[C@H]2CO)ncn1)c1cccs1. The minimum Gasteiger partial charge on any atom is -0.394 e. The van der Waals surface area contributed by atoms with Gasteiger partial charge in [-0.3, -0.25) is 0 Å². The molecule has 0 unspecified atom stereocenters. The molecular formula is C15H20N4OS. The monoisotopic (exact) mass is 304 g/mol. The highest BCUT2D eigenvalue weighted by Crippen LogP contribution is 2.26. The first-order chi connectivity index (χ1) is 10.3. The number of hydrogen-bond acceptors (Lipinski definition) is 6. The van der Waals surface area contributed by atoms with Crippen molar-refractivity contribution in [3.63, 3.8) is 0 Å². The molecule has 0 aliphatic carbocycles. The second kappa shape index (κ2) is 6.41. The van der Waals surface area contributed by atoms with Crippen LogP contribution in [0.15, 0.2) is 29.9 Å². The van der Waals surface area contributed by atoms with E-state index < -0.39 is 0 Å². The van der Waals surface area contributed by atoms with Crippen LogP contribution in [-0.2, 0) is 0 Å². The summed E-state index contributed by atoms with van der Waals surface area (Å²) in [5, 5.41) is 14.9. The van der Waals surface area contributed by atoms with E-state index in [1.807, 2.05) is 6.07 Å². The maximum absolute atomic E-state index is 9.44. The summed E-state index contributed by atoms with van der Waals surface area (Å²) in [6, 6.07) is 6.55. The van der Waals surface area contributed by atoms with E-state index in [1.165, 1.54) is 4.88 Å². The Bertz CT molecular complexity index is 575. The lowest BCUT2D eigenvalue weighted by atomic mass is 10.2. The highest BCUT2D eigenvalue weighted by atomic mass is 32.1. The molecule has 1 fully saturated rings. The Kier molecular flexibility index (Phi) is 4.36. The molecule has 2 atom stereocenters. The van der Waals surface area contributed by atoms with E-state index in [0.29, 0.717) is 0 Å². The van der Waals surface area contributed by atoms with Gasteiger partial charge >= 0.3 is 0 Å². The number of anilines is 2. The molecule has 6 heteroatoms. The summed E-state index contributed by atoms with van der Waals surface area (Å²) in [6.45, 7) is 3.25. The molecule has 3 rings (SSSR count). The van der Waals surface area contributed by atoms with Crippen LogP contribution in [0.5, 0.6) is 0 Å². The van der Waals surface area contributed by atoms with Crippen LogP contribution in [-0.4, -0.2) is 34.3 Å². The summed E-state index contributed by atoms with van der Waals surface area (Å²) >= 11 is 1.73. The lowest BCUT2D eigenvalue weighted by Gasteiger charge is -2.24. The van der Waals surface area contributed by atoms with Crippen molar-refractivity contribution in [3.8, 4) is 0 Å². The normalized spacial score (nSPS) is 19.7. The Morgan fingerprint density at radius 1 is 1.52 bits per heavy atom. The molecule has 1 saturated heterocycles. The molecular weight excluding hydrogens is 284 g/mol. The minimum absolute atomic E-state index is 0.179. The van der Waals surface area contributed by atoms with Gasteiger partial charge in [-0.2, -0.15) is 0 Å². The number of hydrogen-bond donors (Lipinski definition) is 2. The summed E-state index contributed by atoms with van der Waals surface area (Å²) < 4.78 is 0. The Hall–Kier alpha value is -1.66. The molecule has 1 aliphatic rings. The van der Waals surface area contributed by atoms with Crippen LogP contribution >= 0.6 is 11.3 Å². The molecule has 0 bridgehead atoms. The van der Waals surface area contributed by atoms with Gasteiger partial charge in [0.25, 0.3) is 0 Å². The third kappa shape index (κ3) is 3.16. The van der Waals surface area contributed by atoms with Gasteiger partial charge in [-0.1, -0.05) is 6.07 Å². The quantitative estimate of drug-likeness (QED) is 0.889. The van der Waals surface area contributed by atoms with Crippen molar-refractivity contribution in [3.05, 3.63) is 34.8 Å². The number of thiophene rings is 1. The first kappa shape index (κ1) is 14.3. The number of nitrogens with one attached hydrogen (secondary N) is 1. The zero-order chi connectivity index (χ0) is 14.7. The molecule has 0 saturated carbocycles. The average molecular weight is 304 g/mol. The van der Waals surface area contributed by atoms with Crippen molar-refractivity contribution >= 4 is 23.0 Å². The molecule has 21 heavy (non-hydrogen) atoms. The number of aliphatic hydroxyl groups is 1. The molecule has 0 radical (unpaired) electrons. The molecule has 112 valence electrons. The topological polar surface area (TPSA) is 61.3 Å². The Morgan fingerprint density at radius 3 is 3.19 bits per heavy atom. The summed E-state index contributed by atoms with van der Waals surface area (Å²) in [4.78, 5) is 12.1. The van der Waals surface area contributed by atoms with Gasteiger partial charge in [0, 0.05) is 17.5 Å². The lowest BCUT2D eigenvalue weighted by Crippen LogP contribution is -2.32. The maximum atomic E-state index is 9.44. The predicted molar refractivity (Wildman–Crippen MR) is 85.8 cm³/mol. The molecule has 0 aromatic carbocycles. The Labute approximate surface area is 128 Å². The van der Waals surface area contributed by atoms with E-state index in [1.54, 1.807) is 17.7 Å². The van der Waals surface area contributed by atoms with Crippen LogP contribution in [0.3, 0.4) is 0 Å². The third-order valence-corrected chi connectivity index (χ3v) is 4.92. The van der Waals surface area contributed by atoms with Crippen molar-refractivity contribution in [2.75, 3.05) is 23.4 Å². The highest BCUT2D eigenvalue weighted by Gasteiger charge is 2.25. The van der Waals surface area contributed by atoms with Gasteiger partial charge in [-0.25, -0.2) is 9.97 Å². The fraction of sp³-hybridized carbons (Fsp3) is 0.467. The number of aliphatic hydroxyl groups excluding tert-OH is 1. The fourth-order valence-electron chi connectivity index (χ4n) is 2.74. The molecule has 2 aromatic rings. The average Bonchev–Trinajstić information content (AvgIpc) is 3.18. The maximum Gasteiger partial charge on any atom is 0.134 e. The largest absolute Gasteiger partial charge is 0.394 e. The van der Waals surface area contributed by atoms with Gasteiger partial charge in [-0.15, -0.1) is 11.3 Å². The number of aromatic nitrogens is 2. The van der Waals surface area contributed by atoms with Gasteiger partial charge in [-0.05, 0) is 31.2 Å². The molecule has 5 nitrogen and oxygen atoms in total. The molecule has 0 amide bonds. The van der Waals surface area contributed by atoms with Crippen molar-refractivity contribution in [1.29, 1.82) is 0 Å². The number of rotatable bonds is 5. The molecule has 2 aromatic heterocycles. The van der Waals surface area contributed by atoms with Crippen LogP contribution in [0, 0.1) is 0 Å². The van der Waals surface area contributed by atoms with Gasteiger partial charge in [0.2, 0.25) is 0 Å². The standard InChI is InChI=1S/C15H20N4OS/c1-11(13-5-3-7-21-13)18-14-8-15(17-10-16-14)19-6-2-4-12(19)9-20/h3,5,7-8,10-12,20H,2,4,6,9H2,1H3,(H,16,17,18)/t11-,12+/m1/s1. The van der Waals surface area contributed by atoms with Gasteiger partial charge < -0.3 is 15.3 Å². The van der Waals surface area contributed by atoms with Crippen LogP contribution in [0.25, 0.3) is 0 Å². The third-order valence-electron chi connectivity index (χ3n) is 3.87. The van der Waals surface area contributed by atoms with Crippen LogP contribution in [0.2, 0.25) is 0 Å². The lowest BCUT2D eigenvalue weighted by molar-refractivity contribution is 0.266. The first-order valence-electron chi connectivity index (χ1n) is 7.27. The van der Waals surface area contributed by atoms with E-state index in [2.05, 4.69) is 44.6 Å². The van der Waals surface area contributed by atoms with Gasteiger partial charge in [0.05, 0.1) is 18.7 Å². The second-order valence-electron chi connectivity index (χ2n) is 5.31. The van der Waals surface area contributed by atoms with E-state index in [4.69, 9.17) is 0 Å². The zero-order valence-electron chi connectivity index (χ0n) is 12.1. The summed E-state index contributed by atoms with van der Waals surface area (Å²) in [7, 11) is 0. The minimum atomic E-state index is 0.179. The van der Waals surface area contributed by atoms with Crippen molar-refractivity contribution < 1.29 is 5.11 Å². The molecule has 1 aliphatic heterocycles. The molecule has 2 N–H and O–H groups in total. The van der Waals surface area contributed by atoms with Gasteiger partial charge in [0.15, 0.2) is 0 Å². The smallest absolute Gasteiger partial charge is 0.134 e. The highest BCUT2D eigenvalue weighted by molar-refractivity contribution is 7.10. The second-order valence-corrected chi connectivity index (χ2v) is 6.29. The Balaban J connectivity index is 1.74. The molecule has 3 heterocycles. The summed E-state index contributed by atoms with van der Waals surface area (Å²) in [5.41, 5.74) is 0. The van der Waals surface area contributed by atoms with Crippen molar-refractivity contribution in [1.82, 2.24) is 9.97 Å². The van der Waals surface area contributed by atoms with Crippen molar-refractivity contribution in [2.45, 2.75) is 31.8 Å². The zero-order valence-corrected chi connectivity index (χ0v) is 12.9. The summed E-state index contributed by atoms with van der Waals surface area (Å²) in [5.74, 6) is 1.71.